The minimum atomic E-state index is -0.249. The molecule has 110 valence electrons. The van der Waals surface area contributed by atoms with Crippen LogP contribution in [0.15, 0.2) is 29.9 Å². The lowest BCUT2D eigenvalue weighted by molar-refractivity contribution is 0.103. The minimum absolute atomic E-state index is 0.228. The maximum Gasteiger partial charge on any atom is 0.269 e. The van der Waals surface area contributed by atoms with Gasteiger partial charge < -0.3 is 9.47 Å². The van der Waals surface area contributed by atoms with Crippen molar-refractivity contribution < 1.29 is 14.3 Å². The van der Waals surface area contributed by atoms with Gasteiger partial charge in [-0.05, 0) is 18.2 Å². The first kappa shape index (κ1) is 13.2. The molecule has 3 aromatic rings. The summed E-state index contributed by atoms with van der Waals surface area (Å²) >= 11 is 2.56. The number of ether oxygens (including phenoxy) is 2. The van der Waals surface area contributed by atoms with Gasteiger partial charge in [0.15, 0.2) is 11.5 Å². The van der Waals surface area contributed by atoms with Crippen molar-refractivity contribution in [1.29, 1.82) is 0 Å². The summed E-state index contributed by atoms with van der Waals surface area (Å²) in [6, 6.07) is 5.58. The summed E-state index contributed by atoms with van der Waals surface area (Å²) in [5, 5.41) is 11.3. The number of carbonyl (C=O) groups excluding carboxylic acids is 1. The zero-order valence-corrected chi connectivity index (χ0v) is 12.6. The van der Waals surface area contributed by atoms with Crippen LogP contribution in [0.4, 0.5) is 5.13 Å². The third kappa shape index (κ3) is 2.40. The first-order valence-electron chi connectivity index (χ1n) is 6.23. The Kier molecular flexibility index (Phi) is 3.20. The number of fused-ring (bicyclic) bond motifs is 1. The van der Waals surface area contributed by atoms with Gasteiger partial charge in [0, 0.05) is 5.56 Å². The van der Waals surface area contributed by atoms with Crippen molar-refractivity contribution >= 4 is 33.7 Å². The van der Waals surface area contributed by atoms with Crippen LogP contribution in [0.1, 0.15) is 9.67 Å². The number of thiazole rings is 1. The molecule has 0 spiro atoms. The smallest absolute Gasteiger partial charge is 0.269 e. The van der Waals surface area contributed by atoms with Crippen LogP contribution in [0, 0.1) is 0 Å². The molecule has 22 heavy (non-hydrogen) atoms. The van der Waals surface area contributed by atoms with Crippen LogP contribution < -0.4 is 14.8 Å². The van der Waals surface area contributed by atoms with E-state index >= 15 is 0 Å². The van der Waals surface area contributed by atoms with Gasteiger partial charge in [-0.15, -0.1) is 21.5 Å². The molecule has 9 heteroatoms. The highest BCUT2D eigenvalue weighted by molar-refractivity contribution is 7.17. The zero-order valence-electron chi connectivity index (χ0n) is 11.0. The molecule has 0 bridgehead atoms. The summed E-state index contributed by atoms with van der Waals surface area (Å²) in [5.74, 6) is 1.16. The lowest BCUT2D eigenvalue weighted by Crippen LogP contribution is -2.09. The first-order valence-corrected chi connectivity index (χ1v) is 7.92. The van der Waals surface area contributed by atoms with E-state index in [0.29, 0.717) is 15.8 Å². The van der Waals surface area contributed by atoms with Gasteiger partial charge in [-0.1, -0.05) is 11.3 Å². The number of amides is 1. The average molecular weight is 332 g/mol. The maximum atomic E-state index is 12.1. The molecule has 1 aliphatic rings. The Balaban J connectivity index is 1.57. The molecule has 0 saturated carbocycles. The number of rotatable bonds is 3. The molecule has 2 aromatic heterocycles. The molecule has 3 heterocycles. The zero-order chi connectivity index (χ0) is 14.9. The number of benzene rings is 1. The number of aromatic nitrogens is 3. The standard InChI is InChI=1S/C13H8N4O3S2/c18-11(16-13-17-15-5-21-13)10-4-14-12(22-10)7-1-2-8-9(3-7)20-6-19-8/h1-5H,6H2,(H,16,17,18). The fourth-order valence-corrected chi connectivity index (χ4v) is 3.18. The Hall–Kier alpha value is -2.52. The molecule has 7 nitrogen and oxygen atoms in total. The molecule has 0 unspecified atom stereocenters. The van der Waals surface area contributed by atoms with Crippen LogP contribution in [0.5, 0.6) is 11.5 Å². The summed E-state index contributed by atoms with van der Waals surface area (Å²) in [5.41, 5.74) is 2.43. The van der Waals surface area contributed by atoms with E-state index < -0.39 is 0 Å². The van der Waals surface area contributed by atoms with Crippen LogP contribution in [-0.4, -0.2) is 27.9 Å². The highest BCUT2D eigenvalue weighted by Gasteiger charge is 2.17. The highest BCUT2D eigenvalue weighted by Crippen LogP contribution is 2.37. The van der Waals surface area contributed by atoms with Crippen LogP contribution in [0.2, 0.25) is 0 Å². The van der Waals surface area contributed by atoms with Gasteiger partial charge in [-0.25, -0.2) is 4.98 Å². The molecule has 0 fully saturated rings. The number of hydrogen-bond acceptors (Lipinski definition) is 8. The topological polar surface area (TPSA) is 86.2 Å². The fraction of sp³-hybridized carbons (Fsp3) is 0.0769. The van der Waals surface area contributed by atoms with Crippen molar-refractivity contribution in [3.8, 4) is 22.1 Å². The molecular formula is C13H8N4O3S2. The van der Waals surface area contributed by atoms with Gasteiger partial charge in [0.2, 0.25) is 11.9 Å². The van der Waals surface area contributed by atoms with E-state index in [4.69, 9.17) is 9.47 Å². The summed E-state index contributed by atoms with van der Waals surface area (Å²) in [6.07, 6.45) is 1.54. The van der Waals surface area contributed by atoms with E-state index in [0.717, 1.165) is 16.3 Å². The van der Waals surface area contributed by atoms with Crippen LogP contribution in [-0.2, 0) is 0 Å². The number of anilines is 1. The van der Waals surface area contributed by atoms with Gasteiger partial charge in [-0.2, -0.15) is 0 Å². The SMILES string of the molecule is O=C(Nc1nncs1)c1cnc(-c2ccc3c(c2)OCO3)s1. The van der Waals surface area contributed by atoms with E-state index in [1.807, 2.05) is 18.2 Å². The lowest BCUT2D eigenvalue weighted by atomic mass is 10.2. The highest BCUT2D eigenvalue weighted by atomic mass is 32.1. The molecule has 0 saturated heterocycles. The Morgan fingerprint density at radius 1 is 1.27 bits per heavy atom. The van der Waals surface area contributed by atoms with E-state index in [1.54, 1.807) is 11.7 Å². The van der Waals surface area contributed by atoms with Crippen molar-refractivity contribution in [2.45, 2.75) is 0 Å². The predicted molar refractivity (Wildman–Crippen MR) is 81.5 cm³/mol. The normalized spacial score (nSPS) is 12.4. The van der Waals surface area contributed by atoms with Gasteiger partial charge in [0.1, 0.15) is 15.4 Å². The van der Waals surface area contributed by atoms with Crippen LogP contribution >= 0.6 is 22.7 Å². The molecule has 0 aliphatic carbocycles. The largest absolute Gasteiger partial charge is 0.454 e. The quantitative estimate of drug-likeness (QED) is 0.793. The summed E-state index contributed by atoms with van der Waals surface area (Å²) in [4.78, 5) is 16.9. The molecule has 0 radical (unpaired) electrons. The molecule has 1 N–H and O–H groups in total. The molecule has 1 aliphatic heterocycles. The third-order valence-electron chi connectivity index (χ3n) is 2.93. The second kappa shape index (κ2) is 5.35. The predicted octanol–water partition coefficient (Wildman–Crippen LogP) is 2.64. The van der Waals surface area contributed by atoms with Crippen LogP contribution in [0.25, 0.3) is 10.6 Å². The maximum absolute atomic E-state index is 12.1. The minimum Gasteiger partial charge on any atom is -0.454 e. The summed E-state index contributed by atoms with van der Waals surface area (Å²) < 4.78 is 10.6. The first-order chi connectivity index (χ1) is 10.8. The number of nitrogens with one attached hydrogen (secondary N) is 1. The second-order valence-corrected chi connectivity index (χ2v) is 6.16. The van der Waals surface area contributed by atoms with Gasteiger partial charge in [-0.3, -0.25) is 10.1 Å². The van der Waals surface area contributed by atoms with E-state index in [1.165, 1.54) is 22.7 Å². The number of carbonyl (C=O) groups is 1. The monoisotopic (exact) mass is 332 g/mol. The Bertz CT molecular complexity index is 832. The fourth-order valence-electron chi connectivity index (χ4n) is 1.93. The summed E-state index contributed by atoms with van der Waals surface area (Å²) in [6.45, 7) is 0.228. The average Bonchev–Trinajstić information content (AvgIpc) is 3.27. The van der Waals surface area contributed by atoms with E-state index in [2.05, 4.69) is 20.5 Å². The number of hydrogen-bond donors (Lipinski definition) is 1. The molecule has 1 amide bonds. The van der Waals surface area contributed by atoms with E-state index in [9.17, 15) is 4.79 Å². The van der Waals surface area contributed by atoms with Crippen LogP contribution in [0.3, 0.4) is 0 Å². The Morgan fingerprint density at radius 3 is 3.05 bits per heavy atom. The number of nitrogens with zero attached hydrogens (tertiary/aromatic N) is 3. The third-order valence-corrected chi connectivity index (χ3v) is 4.58. The van der Waals surface area contributed by atoms with Crippen molar-refractivity contribution in [1.82, 2.24) is 15.2 Å². The molecule has 4 rings (SSSR count). The van der Waals surface area contributed by atoms with Crippen molar-refractivity contribution in [3.05, 3.63) is 34.8 Å². The Labute approximate surface area is 132 Å². The molecule has 1 aromatic carbocycles. The van der Waals surface area contributed by atoms with Crippen molar-refractivity contribution in [2.24, 2.45) is 0 Å². The molecule has 0 atom stereocenters. The summed E-state index contributed by atoms with van der Waals surface area (Å²) in [7, 11) is 0. The molecular weight excluding hydrogens is 324 g/mol. The van der Waals surface area contributed by atoms with Gasteiger partial charge in [0.25, 0.3) is 5.91 Å². The second-order valence-electron chi connectivity index (χ2n) is 4.30. The lowest BCUT2D eigenvalue weighted by Gasteiger charge is -1.99. The van der Waals surface area contributed by atoms with E-state index in [-0.39, 0.29) is 12.7 Å². The van der Waals surface area contributed by atoms with Gasteiger partial charge in [0.05, 0.1) is 6.20 Å². The van der Waals surface area contributed by atoms with Crippen molar-refractivity contribution in [3.63, 3.8) is 0 Å². The van der Waals surface area contributed by atoms with Gasteiger partial charge >= 0.3 is 0 Å². The Morgan fingerprint density at radius 2 is 2.18 bits per heavy atom. The van der Waals surface area contributed by atoms with Crippen molar-refractivity contribution in [2.75, 3.05) is 12.1 Å².